The van der Waals surface area contributed by atoms with Gasteiger partial charge in [-0.3, -0.25) is 14.5 Å². The molecule has 0 fully saturated rings. The second-order valence-electron chi connectivity index (χ2n) is 6.61. The van der Waals surface area contributed by atoms with Crippen LogP contribution in [0.15, 0.2) is 48.5 Å². The van der Waals surface area contributed by atoms with Crippen LogP contribution >= 0.6 is 11.6 Å². The number of alkyl halides is 1. The number of rotatable bonds is 4. The number of hydrogen-bond acceptors (Lipinski definition) is 3. The van der Waals surface area contributed by atoms with Gasteiger partial charge in [-0.25, -0.2) is 0 Å². The van der Waals surface area contributed by atoms with Crippen molar-refractivity contribution in [1.82, 2.24) is 0 Å². The summed E-state index contributed by atoms with van der Waals surface area (Å²) < 4.78 is 5.88. The fourth-order valence-electron chi connectivity index (χ4n) is 3.03. The average molecular weight is 358 g/mol. The summed E-state index contributed by atoms with van der Waals surface area (Å²) in [5.41, 5.74) is 1.09. The van der Waals surface area contributed by atoms with Gasteiger partial charge in [0, 0.05) is 5.56 Å². The lowest BCUT2D eigenvalue weighted by molar-refractivity contribution is -0.133. The van der Waals surface area contributed by atoms with Crippen molar-refractivity contribution < 1.29 is 14.3 Å². The lowest BCUT2D eigenvalue weighted by Gasteiger charge is -2.42. The Bertz CT molecular complexity index is 817. The number of ketones is 1. The van der Waals surface area contributed by atoms with Crippen LogP contribution in [-0.2, 0) is 4.79 Å². The minimum atomic E-state index is -0.978. The molecule has 1 heterocycles. The third-order valence-electron chi connectivity index (χ3n) is 4.43. The molecule has 1 aliphatic heterocycles. The number of ether oxygens (including phenoxy) is 1. The molecule has 0 radical (unpaired) electrons. The molecule has 0 saturated carbocycles. The first kappa shape index (κ1) is 17.5. The van der Waals surface area contributed by atoms with Crippen molar-refractivity contribution in [3.05, 3.63) is 59.7 Å². The van der Waals surface area contributed by atoms with Gasteiger partial charge in [0.2, 0.25) is 0 Å². The summed E-state index contributed by atoms with van der Waals surface area (Å²) in [5.74, 6) is 0.146. The number of anilines is 1. The van der Waals surface area contributed by atoms with E-state index in [0.29, 0.717) is 17.0 Å². The third-order valence-corrected chi connectivity index (χ3v) is 4.67. The average Bonchev–Trinajstić information content (AvgIpc) is 2.62. The van der Waals surface area contributed by atoms with E-state index < -0.39 is 5.60 Å². The van der Waals surface area contributed by atoms with Crippen LogP contribution in [0.4, 0.5) is 5.69 Å². The Morgan fingerprint density at radius 1 is 1.20 bits per heavy atom. The molecule has 25 heavy (non-hydrogen) atoms. The second kappa shape index (κ2) is 6.52. The van der Waals surface area contributed by atoms with Gasteiger partial charge in [0.15, 0.2) is 11.4 Å². The van der Waals surface area contributed by atoms with E-state index in [0.717, 1.165) is 5.56 Å². The fraction of sp³-hybridized carbons (Fsp3) is 0.300. The van der Waals surface area contributed by atoms with Crippen molar-refractivity contribution in [1.29, 1.82) is 0 Å². The van der Waals surface area contributed by atoms with E-state index in [4.69, 9.17) is 16.3 Å². The van der Waals surface area contributed by atoms with E-state index in [1.54, 1.807) is 36.9 Å². The molecule has 4 nitrogen and oxygen atoms in total. The largest absolute Gasteiger partial charge is 0.476 e. The molecule has 1 aliphatic rings. The van der Waals surface area contributed by atoms with Gasteiger partial charge in [-0.15, -0.1) is 11.6 Å². The first-order chi connectivity index (χ1) is 11.8. The van der Waals surface area contributed by atoms with Crippen molar-refractivity contribution in [3.8, 4) is 5.75 Å². The van der Waals surface area contributed by atoms with Gasteiger partial charge in [-0.2, -0.15) is 0 Å². The zero-order valence-electron chi connectivity index (χ0n) is 14.5. The SMILES string of the molecule is CC(c1ccccc1)N1C(=O)C(C)(C)Oc2ccc(C(=O)CCl)cc21. The molecule has 2 aromatic rings. The van der Waals surface area contributed by atoms with Gasteiger partial charge in [0.25, 0.3) is 5.91 Å². The fourth-order valence-corrected chi connectivity index (χ4v) is 3.18. The summed E-state index contributed by atoms with van der Waals surface area (Å²) in [6.45, 7) is 5.47. The Morgan fingerprint density at radius 2 is 1.88 bits per heavy atom. The molecule has 1 amide bonds. The summed E-state index contributed by atoms with van der Waals surface area (Å²) >= 11 is 5.68. The summed E-state index contributed by atoms with van der Waals surface area (Å²) in [4.78, 5) is 26.8. The molecule has 3 rings (SSSR count). The highest BCUT2D eigenvalue weighted by molar-refractivity contribution is 6.30. The smallest absolute Gasteiger partial charge is 0.271 e. The summed E-state index contributed by atoms with van der Waals surface area (Å²) in [7, 11) is 0. The van der Waals surface area contributed by atoms with Crippen LogP contribution in [0.3, 0.4) is 0 Å². The highest BCUT2D eigenvalue weighted by Crippen LogP contribution is 2.42. The van der Waals surface area contributed by atoms with Gasteiger partial charge in [-0.05, 0) is 44.5 Å². The molecule has 1 atom stereocenters. The van der Waals surface area contributed by atoms with Gasteiger partial charge in [-0.1, -0.05) is 30.3 Å². The first-order valence-electron chi connectivity index (χ1n) is 8.16. The number of halogens is 1. The zero-order valence-corrected chi connectivity index (χ0v) is 15.2. The maximum absolute atomic E-state index is 13.1. The topological polar surface area (TPSA) is 46.6 Å². The monoisotopic (exact) mass is 357 g/mol. The van der Waals surface area contributed by atoms with Crippen molar-refractivity contribution in [2.24, 2.45) is 0 Å². The van der Waals surface area contributed by atoms with Gasteiger partial charge in [0.05, 0.1) is 17.6 Å². The predicted molar refractivity (Wildman–Crippen MR) is 98.5 cm³/mol. The van der Waals surface area contributed by atoms with Crippen LogP contribution in [0, 0.1) is 0 Å². The number of benzene rings is 2. The Hall–Kier alpha value is -2.33. The third kappa shape index (κ3) is 3.14. The second-order valence-corrected chi connectivity index (χ2v) is 6.88. The number of amides is 1. The number of carbonyl (C=O) groups is 2. The summed E-state index contributed by atoms with van der Waals surface area (Å²) in [6, 6.07) is 14.7. The van der Waals surface area contributed by atoms with E-state index >= 15 is 0 Å². The Morgan fingerprint density at radius 3 is 2.52 bits per heavy atom. The number of nitrogens with zero attached hydrogens (tertiary/aromatic N) is 1. The minimum Gasteiger partial charge on any atom is -0.476 e. The number of fused-ring (bicyclic) bond motifs is 1. The number of Topliss-reactive ketones (excluding diaryl/α,β-unsaturated/α-hetero) is 1. The molecule has 0 N–H and O–H groups in total. The van der Waals surface area contributed by atoms with E-state index in [9.17, 15) is 9.59 Å². The normalized spacial score (nSPS) is 16.8. The van der Waals surface area contributed by atoms with Crippen molar-refractivity contribution in [2.75, 3.05) is 10.8 Å². The molecule has 2 aromatic carbocycles. The Balaban J connectivity index is 2.13. The van der Waals surface area contributed by atoms with Crippen LogP contribution in [0.5, 0.6) is 5.75 Å². The van der Waals surface area contributed by atoms with E-state index in [1.165, 1.54) is 0 Å². The van der Waals surface area contributed by atoms with Crippen molar-refractivity contribution in [3.63, 3.8) is 0 Å². The van der Waals surface area contributed by atoms with Gasteiger partial charge >= 0.3 is 0 Å². The van der Waals surface area contributed by atoms with E-state index in [-0.39, 0.29) is 23.6 Å². The standard InChI is InChI=1S/C20H20ClNO3/c1-13(14-7-5-4-6-8-14)22-16-11-15(17(23)12-21)9-10-18(16)25-20(2,3)19(22)24/h4-11,13H,12H2,1-3H3. The summed E-state index contributed by atoms with van der Waals surface area (Å²) in [5, 5.41) is 0. The maximum atomic E-state index is 13.1. The first-order valence-corrected chi connectivity index (χ1v) is 8.69. The zero-order chi connectivity index (χ0) is 18.2. The van der Waals surface area contributed by atoms with E-state index in [1.807, 2.05) is 37.3 Å². The molecular formula is C20H20ClNO3. The molecule has 0 bridgehead atoms. The van der Waals surface area contributed by atoms with Crippen LogP contribution in [0.1, 0.15) is 42.7 Å². The quantitative estimate of drug-likeness (QED) is 0.602. The van der Waals surface area contributed by atoms with Gasteiger partial charge < -0.3 is 4.74 Å². The number of carbonyl (C=O) groups excluding carboxylic acids is 2. The van der Waals surface area contributed by atoms with Crippen molar-refractivity contribution in [2.45, 2.75) is 32.4 Å². The van der Waals surface area contributed by atoms with Crippen LogP contribution in [0.25, 0.3) is 0 Å². The maximum Gasteiger partial charge on any atom is 0.271 e. The lowest BCUT2D eigenvalue weighted by Crippen LogP contribution is -2.53. The highest BCUT2D eigenvalue weighted by Gasteiger charge is 2.43. The Kier molecular flexibility index (Phi) is 4.56. The molecule has 130 valence electrons. The van der Waals surface area contributed by atoms with Gasteiger partial charge in [0.1, 0.15) is 5.75 Å². The minimum absolute atomic E-state index is 0.104. The Labute approximate surface area is 152 Å². The van der Waals surface area contributed by atoms with Crippen LogP contribution in [-0.4, -0.2) is 23.2 Å². The summed E-state index contributed by atoms with van der Waals surface area (Å²) in [6.07, 6.45) is 0. The molecule has 0 saturated heterocycles. The lowest BCUT2D eigenvalue weighted by atomic mass is 9.97. The number of hydrogen-bond donors (Lipinski definition) is 0. The molecule has 1 unspecified atom stereocenters. The van der Waals surface area contributed by atoms with Crippen LogP contribution in [0.2, 0.25) is 0 Å². The molecular weight excluding hydrogens is 338 g/mol. The molecule has 5 heteroatoms. The predicted octanol–water partition coefficient (Wildman–Crippen LogP) is 4.37. The van der Waals surface area contributed by atoms with Crippen molar-refractivity contribution >= 4 is 29.0 Å². The van der Waals surface area contributed by atoms with Crippen LogP contribution < -0.4 is 9.64 Å². The highest BCUT2D eigenvalue weighted by atomic mass is 35.5. The molecule has 0 spiro atoms. The molecule has 0 aromatic heterocycles. The molecule has 0 aliphatic carbocycles. The van der Waals surface area contributed by atoms with E-state index in [2.05, 4.69) is 0 Å².